The quantitative estimate of drug-likeness (QED) is 0.846. The number of ether oxygens (including phenoxy) is 1. The van der Waals surface area contributed by atoms with Crippen LogP contribution in [0.2, 0.25) is 0 Å². The van der Waals surface area contributed by atoms with E-state index in [1.165, 1.54) is 5.56 Å². The third-order valence-electron chi connectivity index (χ3n) is 5.25. The smallest absolute Gasteiger partial charge is 0.317 e. The summed E-state index contributed by atoms with van der Waals surface area (Å²) >= 11 is 0. The molecule has 0 aromatic heterocycles. The van der Waals surface area contributed by atoms with Gasteiger partial charge in [-0.25, -0.2) is 4.79 Å². The molecule has 1 saturated heterocycles. The van der Waals surface area contributed by atoms with E-state index in [1.807, 2.05) is 29.2 Å². The third-order valence-corrected chi connectivity index (χ3v) is 5.25. The fourth-order valence-corrected chi connectivity index (χ4v) is 3.52. The molecule has 1 atom stereocenters. The second kappa shape index (κ2) is 9.31. The Labute approximate surface area is 161 Å². The van der Waals surface area contributed by atoms with Gasteiger partial charge in [0.25, 0.3) is 0 Å². The summed E-state index contributed by atoms with van der Waals surface area (Å²) in [7, 11) is 1.68. The number of nitrogens with one attached hydrogen (secondary N) is 1. The van der Waals surface area contributed by atoms with E-state index >= 15 is 0 Å². The molecule has 1 aliphatic heterocycles. The Morgan fingerprint density at radius 2 is 1.81 bits per heavy atom. The van der Waals surface area contributed by atoms with Gasteiger partial charge >= 0.3 is 6.03 Å². The van der Waals surface area contributed by atoms with Crippen molar-refractivity contribution in [2.75, 3.05) is 44.7 Å². The molecule has 1 heterocycles. The summed E-state index contributed by atoms with van der Waals surface area (Å²) in [4.78, 5) is 16.8. The van der Waals surface area contributed by atoms with Crippen LogP contribution in [-0.4, -0.2) is 50.8 Å². The van der Waals surface area contributed by atoms with Crippen LogP contribution in [0.1, 0.15) is 24.8 Å². The summed E-state index contributed by atoms with van der Waals surface area (Å²) in [6.45, 7) is 5.95. The van der Waals surface area contributed by atoms with Crippen molar-refractivity contribution in [3.63, 3.8) is 0 Å². The number of piperazine rings is 1. The number of urea groups is 1. The molecule has 27 heavy (non-hydrogen) atoms. The first-order valence-electron chi connectivity index (χ1n) is 9.68. The summed E-state index contributed by atoms with van der Waals surface area (Å²) in [6.07, 6.45) is 1.01. The summed E-state index contributed by atoms with van der Waals surface area (Å²) in [5.41, 5.74) is 2.42. The van der Waals surface area contributed by atoms with Crippen LogP contribution in [0.15, 0.2) is 54.6 Å². The number of benzene rings is 2. The highest BCUT2D eigenvalue weighted by Gasteiger charge is 2.22. The molecule has 0 spiro atoms. The fourth-order valence-electron chi connectivity index (χ4n) is 3.52. The molecule has 1 fully saturated rings. The van der Waals surface area contributed by atoms with Gasteiger partial charge in [0.15, 0.2) is 0 Å². The van der Waals surface area contributed by atoms with Crippen LogP contribution in [0.4, 0.5) is 10.5 Å². The molecule has 5 heteroatoms. The fraction of sp³-hybridized carbons (Fsp3) is 0.409. The lowest BCUT2D eigenvalue weighted by Gasteiger charge is -2.36. The maximum Gasteiger partial charge on any atom is 0.317 e. The van der Waals surface area contributed by atoms with E-state index in [2.05, 4.69) is 47.5 Å². The lowest BCUT2D eigenvalue weighted by molar-refractivity contribution is 0.193. The van der Waals surface area contributed by atoms with Gasteiger partial charge in [-0.1, -0.05) is 43.3 Å². The van der Waals surface area contributed by atoms with E-state index in [9.17, 15) is 4.79 Å². The molecule has 1 aliphatic rings. The zero-order chi connectivity index (χ0) is 19.1. The van der Waals surface area contributed by atoms with E-state index < -0.39 is 0 Å². The normalized spacial score (nSPS) is 15.3. The second-order valence-electron chi connectivity index (χ2n) is 6.88. The van der Waals surface area contributed by atoms with Crippen molar-refractivity contribution in [2.24, 2.45) is 0 Å². The molecule has 3 rings (SSSR count). The van der Waals surface area contributed by atoms with E-state index in [0.29, 0.717) is 12.5 Å². The Morgan fingerprint density at radius 3 is 2.48 bits per heavy atom. The number of methoxy groups -OCH3 is 1. The van der Waals surface area contributed by atoms with E-state index in [4.69, 9.17) is 4.74 Å². The minimum absolute atomic E-state index is 0.0367. The molecule has 5 nitrogen and oxygen atoms in total. The second-order valence-corrected chi connectivity index (χ2v) is 6.88. The summed E-state index contributed by atoms with van der Waals surface area (Å²) in [5, 5.41) is 3.12. The monoisotopic (exact) mass is 367 g/mol. The average molecular weight is 367 g/mol. The van der Waals surface area contributed by atoms with Gasteiger partial charge in [-0.15, -0.1) is 0 Å². The lowest BCUT2D eigenvalue weighted by atomic mass is 9.97. The number of nitrogens with zero attached hydrogens (tertiary/aromatic N) is 2. The molecule has 0 bridgehead atoms. The van der Waals surface area contributed by atoms with Gasteiger partial charge in [-0.2, -0.15) is 0 Å². The zero-order valence-electron chi connectivity index (χ0n) is 16.2. The van der Waals surface area contributed by atoms with Gasteiger partial charge < -0.3 is 19.9 Å². The van der Waals surface area contributed by atoms with Crippen molar-refractivity contribution in [3.8, 4) is 5.75 Å². The molecular formula is C22H29N3O2. The van der Waals surface area contributed by atoms with Gasteiger partial charge in [0.2, 0.25) is 0 Å². The van der Waals surface area contributed by atoms with Crippen molar-refractivity contribution in [3.05, 3.63) is 60.2 Å². The maximum atomic E-state index is 12.6. The van der Waals surface area contributed by atoms with Gasteiger partial charge in [-0.3, -0.25) is 0 Å². The number of carbonyl (C=O) groups excluding carboxylic acids is 1. The Hall–Kier alpha value is -2.69. The number of anilines is 1. The van der Waals surface area contributed by atoms with Crippen molar-refractivity contribution in [2.45, 2.75) is 19.3 Å². The number of hydrogen-bond acceptors (Lipinski definition) is 3. The molecule has 1 N–H and O–H groups in total. The first kappa shape index (κ1) is 19.1. The van der Waals surface area contributed by atoms with Crippen molar-refractivity contribution in [1.82, 2.24) is 10.2 Å². The number of carbonyl (C=O) groups is 1. The van der Waals surface area contributed by atoms with Crippen molar-refractivity contribution in [1.29, 1.82) is 0 Å². The highest BCUT2D eigenvalue weighted by Crippen LogP contribution is 2.22. The zero-order valence-corrected chi connectivity index (χ0v) is 16.2. The van der Waals surface area contributed by atoms with Crippen LogP contribution >= 0.6 is 0 Å². The molecule has 0 aliphatic carbocycles. The molecule has 2 aromatic rings. The summed E-state index contributed by atoms with van der Waals surface area (Å²) in [5.74, 6) is 1.22. The van der Waals surface area contributed by atoms with Crippen LogP contribution in [-0.2, 0) is 0 Å². The Kier molecular flexibility index (Phi) is 6.58. The van der Waals surface area contributed by atoms with Crippen LogP contribution in [0, 0.1) is 0 Å². The predicted octanol–water partition coefficient (Wildman–Crippen LogP) is 3.72. The summed E-state index contributed by atoms with van der Waals surface area (Å²) < 4.78 is 5.31. The average Bonchev–Trinajstić information content (AvgIpc) is 2.75. The Balaban J connectivity index is 1.49. The van der Waals surface area contributed by atoms with Gasteiger partial charge in [0, 0.05) is 50.4 Å². The third kappa shape index (κ3) is 4.94. The minimum Gasteiger partial charge on any atom is -0.497 e. The van der Waals surface area contributed by atoms with E-state index in [-0.39, 0.29) is 6.03 Å². The standard InChI is InChI=1S/C22H29N3O2/c1-3-18(19-8-5-4-6-9-19)17-23-22(26)25-14-12-24(13-15-25)20-10-7-11-21(16-20)27-2/h4-11,16,18H,3,12-15,17H2,1-2H3,(H,23,26). The van der Waals surface area contributed by atoms with Gasteiger partial charge in [-0.05, 0) is 24.1 Å². The molecular weight excluding hydrogens is 338 g/mol. The molecule has 2 amide bonds. The molecule has 0 radical (unpaired) electrons. The minimum atomic E-state index is 0.0367. The molecule has 1 unspecified atom stereocenters. The van der Waals surface area contributed by atoms with E-state index in [1.54, 1.807) is 7.11 Å². The Morgan fingerprint density at radius 1 is 1.07 bits per heavy atom. The predicted molar refractivity (Wildman–Crippen MR) is 110 cm³/mol. The maximum absolute atomic E-state index is 12.6. The lowest BCUT2D eigenvalue weighted by Crippen LogP contribution is -2.52. The first-order chi connectivity index (χ1) is 13.2. The van der Waals surface area contributed by atoms with Crippen LogP contribution in [0.5, 0.6) is 5.75 Å². The van der Waals surface area contributed by atoms with Crippen molar-refractivity contribution >= 4 is 11.7 Å². The van der Waals surface area contributed by atoms with Crippen LogP contribution in [0.3, 0.4) is 0 Å². The number of rotatable bonds is 6. The molecule has 2 aromatic carbocycles. The highest BCUT2D eigenvalue weighted by atomic mass is 16.5. The van der Waals surface area contributed by atoms with Crippen LogP contribution in [0.25, 0.3) is 0 Å². The topological polar surface area (TPSA) is 44.8 Å². The van der Waals surface area contributed by atoms with Gasteiger partial charge in [0.1, 0.15) is 5.75 Å². The SMILES string of the molecule is CCC(CNC(=O)N1CCN(c2cccc(OC)c2)CC1)c1ccccc1. The first-order valence-corrected chi connectivity index (χ1v) is 9.68. The highest BCUT2D eigenvalue weighted by molar-refractivity contribution is 5.74. The molecule has 0 saturated carbocycles. The largest absolute Gasteiger partial charge is 0.497 e. The van der Waals surface area contributed by atoms with Crippen LogP contribution < -0.4 is 15.0 Å². The Bertz CT molecular complexity index is 727. The summed E-state index contributed by atoms with van der Waals surface area (Å²) in [6, 6.07) is 18.5. The molecule has 144 valence electrons. The number of amides is 2. The van der Waals surface area contributed by atoms with E-state index in [0.717, 1.165) is 44.0 Å². The number of hydrogen-bond donors (Lipinski definition) is 1. The van der Waals surface area contributed by atoms with Gasteiger partial charge in [0.05, 0.1) is 7.11 Å². The van der Waals surface area contributed by atoms with Crippen molar-refractivity contribution < 1.29 is 9.53 Å².